The maximum atomic E-state index is 12.8. The first-order valence-corrected chi connectivity index (χ1v) is 12.1. The highest BCUT2D eigenvalue weighted by Crippen LogP contribution is 2.21. The van der Waals surface area contributed by atoms with Crippen LogP contribution < -0.4 is 10.6 Å². The molecule has 0 spiro atoms. The van der Waals surface area contributed by atoms with Crippen molar-refractivity contribution in [3.05, 3.63) is 35.9 Å². The van der Waals surface area contributed by atoms with Gasteiger partial charge in [-0.25, -0.2) is 18.0 Å². The van der Waals surface area contributed by atoms with E-state index >= 15 is 0 Å². The summed E-state index contributed by atoms with van der Waals surface area (Å²) in [4.78, 5) is 35.6. The van der Waals surface area contributed by atoms with Crippen LogP contribution in [0, 0.1) is 0 Å². The fourth-order valence-electron chi connectivity index (χ4n) is 3.13. The predicted octanol–water partition coefficient (Wildman–Crippen LogP) is 2.43. The number of imide groups is 1. The molecule has 1 aromatic carbocycles. The Morgan fingerprint density at radius 2 is 1.59 bits per heavy atom. The van der Waals surface area contributed by atoms with Gasteiger partial charge in [0.05, 0.1) is 4.90 Å². The summed E-state index contributed by atoms with van der Waals surface area (Å²) in [5.74, 6) is -1.51. The van der Waals surface area contributed by atoms with Gasteiger partial charge in [0.15, 0.2) is 6.10 Å². The first-order chi connectivity index (χ1) is 15.1. The monoisotopic (exact) mass is 465 g/mol. The average molecular weight is 466 g/mol. The second-order valence-electron chi connectivity index (χ2n) is 7.92. The summed E-state index contributed by atoms with van der Waals surface area (Å²) in [6, 6.07) is 5.40. The Balaban J connectivity index is 1.92. The summed E-state index contributed by atoms with van der Waals surface area (Å²) in [5, 5.41) is 4.59. The molecule has 10 heteroatoms. The molecular weight excluding hydrogens is 434 g/mol. The highest BCUT2D eigenvalue weighted by atomic mass is 32.2. The van der Waals surface area contributed by atoms with Gasteiger partial charge in [-0.2, -0.15) is 4.31 Å². The molecule has 1 aliphatic rings. The maximum Gasteiger partial charge on any atom is 0.331 e. The molecule has 1 saturated heterocycles. The van der Waals surface area contributed by atoms with Crippen LogP contribution in [0.3, 0.4) is 0 Å². The molecule has 1 heterocycles. The zero-order chi connectivity index (χ0) is 23.7. The highest BCUT2D eigenvalue weighted by Gasteiger charge is 2.25. The molecule has 1 unspecified atom stereocenters. The van der Waals surface area contributed by atoms with Crippen molar-refractivity contribution in [2.45, 2.75) is 63.5 Å². The minimum Gasteiger partial charge on any atom is -0.449 e. The topological polar surface area (TPSA) is 122 Å². The summed E-state index contributed by atoms with van der Waals surface area (Å²) >= 11 is 0. The fourth-order valence-corrected chi connectivity index (χ4v) is 4.64. The van der Waals surface area contributed by atoms with Gasteiger partial charge < -0.3 is 10.1 Å². The number of ether oxygens (including phenoxy) is 1. The predicted molar refractivity (Wildman–Crippen MR) is 120 cm³/mol. The first kappa shape index (κ1) is 25.5. The van der Waals surface area contributed by atoms with Crippen LogP contribution in [0.4, 0.5) is 4.79 Å². The second kappa shape index (κ2) is 11.8. The number of rotatable bonds is 7. The number of hydrogen-bond acceptors (Lipinski definition) is 6. The number of carbonyl (C=O) groups is 3. The molecule has 0 aromatic heterocycles. The zero-order valence-electron chi connectivity index (χ0n) is 18.7. The summed E-state index contributed by atoms with van der Waals surface area (Å²) in [6.45, 7) is 5.90. The molecule has 0 bridgehead atoms. The first-order valence-electron chi connectivity index (χ1n) is 10.7. The minimum atomic E-state index is -3.54. The highest BCUT2D eigenvalue weighted by molar-refractivity contribution is 7.89. The third-order valence-electron chi connectivity index (χ3n) is 4.81. The van der Waals surface area contributed by atoms with Gasteiger partial charge in [-0.1, -0.05) is 25.0 Å². The molecule has 0 aliphatic carbocycles. The van der Waals surface area contributed by atoms with Gasteiger partial charge in [-0.05, 0) is 57.4 Å². The summed E-state index contributed by atoms with van der Waals surface area (Å²) < 4.78 is 32.1. The molecule has 1 fully saturated rings. The Bertz CT molecular complexity index is 933. The van der Waals surface area contributed by atoms with Crippen LogP contribution in [-0.2, 0) is 24.3 Å². The summed E-state index contributed by atoms with van der Waals surface area (Å²) in [6.07, 6.45) is 5.24. The van der Waals surface area contributed by atoms with Crippen molar-refractivity contribution in [3.63, 3.8) is 0 Å². The number of esters is 1. The van der Waals surface area contributed by atoms with Crippen molar-refractivity contribution < 1.29 is 27.5 Å². The van der Waals surface area contributed by atoms with Crippen LogP contribution in [0.25, 0.3) is 6.08 Å². The van der Waals surface area contributed by atoms with Crippen LogP contribution in [-0.4, -0.2) is 55.9 Å². The average Bonchev–Trinajstić information content (AvgIpc) is 3.02. The number of nitrogens with one attached hydrogen (secondary N) is 2. The number of carbonyl (C=O) groups excluding carboxylic acids is 3. The van der Waals surface area contributed by atoms with Crippen molar-refractivity contribution >= 4 is 34.0 Å². The molecule has 1 aromatic rings. The summed E-state index contributed by atoms with van der Waals surface area (Å²) in [7, 11) is -3.54. The van der Waals surface area contributed by atoms with Gasteiger partial charge in [0.2, 0.25) is 10.0 Å². The molecule has 3 amide bonds. The van der Waals surface area contributed by atoms with E-state index in [0.717, 1.165) is 31.8 Å². The smallest absolute Gasteiger partial charge is 0.331 e. The lowest BCUT2D eigenvalue weighted by Crippen LogP contribution is -2.46. The van der Waals surface area contributed by atoms with Crippen LogP contribution in [0.5, 0.6) is 0 Å². The van der Waals surface area contributed by atoms with Crippen molar-refractivity contribution in [1.82, 2.24) is 14.9 Å². The normalized spacial score (nSPS) is 16.4. The van der Waals surface area contributed by atoms with E-state index in [-0.39, 0.29) is 10.9 Å². The van der Waals surface area contributed by atoms with E-state index in [4.69, 9.17) is 4.74 Å². The van der Waals surface area contributed by atoms with Gasteiger partial charge in [-0.3, -0.25) is 10.1 Å². The second-order valence-corrected chi connectivity index (χ2v) is 9.86. The Morgan fingerprint density at radius 3 is 2.16 bits per heavy atom. The number of amides is 3. The van der Waals surface area contributed by atoms with E-state index in [1.54, 1.807) is 26.0 Å². The van der Waals surface area contributed by atoms with Gasteiger partial charge in [-0.15, -0.1) is 0 Å². The number of urea groups is 1. The maximum absolute atomic E-state index is 12.8. The SMILES string of the molecule is CC(C)NC(=O)NC(=O)C(C)OC(=O)/C=C/c1ccc(S(=O)(=O)N2CCCCCC2)cc1. The Hall–Kier alpha value is -2.72. The van der Waals surface area contributed by atoms with E-state index in [1.165, 1.54) is 29.4 Å². The van der Waals surface area contributed by atoms with E-state index in [0.29, 0.717) is 18.7 Å². The van der Waals surface area contributed by atoms with Crippen molar-refractivity contribution in [3.8, 4) is 0 Å². The molecule has 0 radical (unpaired) electrons. The Kier molecular flexibility index (Phi) is 9.40. The van der Waals surface area contributed by atoms with Gasteiger partial charge in [0, 0.05) is 25.2 Å². The largest absolute Gasteiger partial charge is 0.449 e. The molecule has 0 saturated carbocycles. The Morgan fingerprint density at radius 1 is 1.00 bits per heavy atom. The van der Waals surface area contributed by atoms with E-state index in [9.17, 15) is 22.8 Å². The van der Waals surface area contributed by atoms with Crippen molar-refractivity contribution in [2.75, 3.05) is 13.1 Å². The van der Waals surface area contributed by atoms with E-state index < -0.39 is 34.0 Å². The third kappa shape index (κ3) is 7.76. The molecule has 32 heavy (non-hydrogen) atoms. The van der Waals surface area contributed by atoms with Crippen LogP contribution in [0.15, 0.2) is 35.2 Å². The lowest BCUT2D eigenvalue weighted by atomic mass is 10.2. The molecule has 1 atom stereocenters. The van der Waals surface area contributed by atoms with Crippen LogP contribution in [0.2, 0.25) is 0 Å². The number of sulfonamides is 1. The molecule has 9 nitrogen and oxygen atoms in total. The number of benzene rings is 1. The van der Waals surface area contributed by atoms with Gasteiger partial charge in [0.25, 0.3) is 5.91 Å². The molecule has 2 rings (SSSR count). The minimum absolute atomic E-state index is 0.144. The van der Waals surface area contributed by atoms with Crippen molar-refractivity contribution in [1.29, 1.82) is 0 Å². The van der Waals surface area contributed by atoms with Crippen LogP contribution >= 0.6 is 0 Å². The molecule has 1 aliphatic heterocycles. The van der Waals surface area contributed by atoms with E-state index in [2.05, 4.69) is 10.6 Å². The summed E-state index contributed by atoms with van der Waals surface area (Å²) in [5.41, 5.74) is 0.602. The van der Waals surface area contributed by atoms with E-state index in [1.807, 2.05) is 0 Å². The van der Waals surface area contributed by atoms with Crippen molar-refractivity contribution in [2.24, 2.45) is 0 Å². The van der Waals surface area contributed by atoms with Crippen LogP contribution in [0.1, 0.15) is 52.0 Å². The Labute approximate surface area is 189 Å². The standard InChI is InChI=1S/C22H31N3O6S/c1-16(2)23-22(28)24-21(27)17(3)31-20(26)13-10-18-8-11-19(12-9-18)32(29,30)25-14-6-4-5-7-15-25/h8-13,16-17H,4-7,14-15H2,1-3H3,(H2,23,24,27,28)/b13-10+. The molecule has 176 valence electrons. The molecular formula is C22H31N3O6S. The van der Waals surface area contributed by atoms with Gasteiger partial charge >= 0.3 is 12.0 Å². The third-order valence-corrected chi connectivity index (χ3v) is 6.73. The number of hydrogen-bond donors (Lipinski definition) is 2. The molecule has 2 N–H and O–H groups in total. The fraction of sp³-hybridized carbons (Fsp3) is 0.500. The number of nitrogens with zero attached hydrogens (tertiary/aromatic N) is 1. The lowest BCUT2D eigenvalue weighted by Gasteiger charge is -2.19. The lowest BCUT2D eigenvalue weighted by molar-refractivity contribution is -0.149. The quantitative estimate of drug-likeness (QED) is 0.471. The van der Waals surface area contributed by atoms with Gasteiger partial charge in [0.1, 0.15) is 0 Å². The zero-order valence-corrected chi connectivity index (χ0v) is 19.5.